The Balaban J connectivity index is 2.19. The maximum absolute atomic E-state index is 15.0. The SMILES string of the molecule is CNC(=O)c1cnc(N)c2[nH]c(-c3cccc(/C(N)=N/N(C)N)c3F)cc12. The van der Waals surface area contributed by atoms with Crippen molar-refractivity contribution in [2.45, 2.75) is 0 Å². The van der Waals surface area contributed by atoms with Gasteiger partial charge in [0.05, 0.1) is 16.6 Å². The van der Waals surface area contributed by atoms with Crippen molar-refractivity contribution in [3.05, 3.63) is 47.4 Å². The van der Waals surface area contributed by atoms with E-state index in [0.717, 1.165) is 5.12 Å². The van der Waals surface area contributed by atoms with Crippen LogP contribution in [0.2, 0.25) is 0 Å². The third kappa shape index (κ3) is 3.25. The van der Waals surface area contributed by atoms with Crippen LogP contribution in [-0.2, 0) is 0 Å². The van der Waals surface area contributed by atoms with Gasteiger partial charge in [0, 0.05) is 36.9 Å². The van der Waals surface area contributed by atoms with E-state index in [2.05, 4.69) is 20.4 Å². The lowest BCUT2D eigenvalue weighted by atomic mass is 10.1. The lowest BCUT2D eigenvalue weighted by Crippen LogP contribution is -2.26. The fraction of sp³-hybridized carbons (Fsp3) is 0.118. The van der Waals surface area contributed by atoms with Gasteiger partial charge in [-0.05, 0) is 18.2 Å². The number of carbonyl (C=O) groups is 1. The second-order valence-electron chi connectivity index (χ2n) is 5.83. The highest BCUT2D eigenvalue weighted by Crippen LogP contribution is 2.31. The number of nitrogen functional groups attached to an aromatic ring is 1. The van der Waals surface area contributed by atoms with Crippen LogP contribution in [0, 0.1) is 5.82 Å². The summed E-state index contributed by atoms with van der Waals surface area (Å²) in [7, 11) is 2.99. The molecule has 1 aromatic carbocycles. The second-order valence-corrected chi connectivity index (χ2v) is 5.83. The van der Waals surface area contributed by atoms with E-state index in [1.165, 1.54) is 26.4 Å². The number of halogens is 1. The molecule has 3 rings (SSSR count). The Morgan fingerprint density at radius 3 is 2.78 bits per heavy atom. The first-order valence-corrected chi connectivity index (χ1v) is 7.94. The first-order chi connectivity index (χ1) is 12.8. The van der Waals surface area contributed by atoms with Crippen molar-refractivity contribution < 1.29 is 9.18 Å². The van der Waals surface area contributed by atoms with E-state index < -0.39 is 5.82 Å². The Hall–Kier alpha value is -3.66. The van der Waals surface area contributed by atoms with E-state index in [9.17, 15) is 4.79 Å². The first kappa shape index (κ1) is 18.1. The van der Waals surface area contributed by atoms with Crippen LogP contribution in [0.4, 0.5) is 10.2 Å². The average molecular weight is 370 g/mol. The van der Waals surface area contributed by atoms with Crippen LogP contribution in [0.5, 0.6) is 0 Å². The standard InChI is InChI=1S/C17H19FN8O/c1-22-17(27)11-7-23-16(20)14-10(11)6-12(24-14)8-4-3-5-9(13(8)18)15(19)25-26(2)21/h3-7,24H,21H2,1-2H3,(H2,19,25)(H2,20,23)(H,22,27). The van der Waals surface area contributed by atoms with Crippen LogP contribution >= 0.6 is 0 Å². The van der Waals surface area contributed by atoms with Gasteiger partial charge in [-0.2, -0.15) is 0 Å². The van der Waals surface area contributed by atoms with E-state index in [1.807, 2.05) is 0 Å². The zero-order chi connectivity index (χ0) is 19.7. The summed E-state index contributed by atoms with van der Waals surface area (Å²) >= 11 is 0. The Bertz CT molecular complexity index is 1060. The molecule has 0 bridgehead atoms. The van der Waals surface area contributed by atoms with Gasteiger partial charge < -0.3 is 21.8 Å². The van der Waals surface area contributed by atoms with Gasteiger partial charge in [0.2, 0.25) is 0 Å². The van der Waals surface area contributed by atoms with E-state index in [0.29, 0.717) is 22.2 Å². The molecule has 10 heteroatoms. The van der Waals surface area contributed by atoms with Crippen molar-refractivity contribution in [1.29, 1.82) is 0 Å². The van der Waals surface area contributed by atoms with Gasteiger partial charge in [0.1, 0.15) is 11.6 Å². The zero-order valence-corrected chi connectivity index (χ0v) is 14.7. The Labute approximate surface area is 154 Å². The molecule has 2 heterocycles. The first-order valence-electron chi connectivity index (χ1n) is 7.94. The number of hydrogen-bond donors (Lipinski definition) is 5. The number of aromatic nitrogens is 2. The topological polar surface area (TPSA) is 151 Å². The second kappa shape index (κ2) is 6.92. The van der Waals surface area contributed by atoms with Crippen LogP contribution in [-0.4, -0.2) is 40.9 Å². The number of amidine groups is 1. The number of nitrogens with zero attached hydrogens (tertiary/aromatic N) is 3. The number of hydrazone groups is 1. The quantitative estimate of drug-likeness (QED) is 0.198. The highest BCUT2D eigenvalue weighted by Gasteiger charge is 2.18. The number of carbonyl (C=O) groups excluding carboxylic acids is 1. The number of pyridine rings is 1. The van der Waals surface area contributed by atoms with Crippen molar-refractivity contribution in [2.24, 2.45) is 16.7 Å². The lowest BCUT2D eigenvalue weighted by Gasteiger charge is -2.09. The number of benzene rings is 1. The smallest absolute Gasteiger partial charge is 0.253 e. The Morgan fingerprint density at radius 1 is 1.37 bits per heavy atom. The molecule has 2 aromatic heterocycles. The maximum Gasteiger partial charge on any atom is 0.253 e. The van der Waals surface area contributed by atoms with Crippen LogP contribution in [0.25, 0.3) is 22.2 Å². The summed E-state index contributed by atoms with van der Waals surface area (Å²) in [6.45, 7) is 0. The summed E-state index contributed by atoms with van der Waals surface area (Å²) in [6, 6.07) is 6.35. The molecule has 0 aliphatic heterocycles. The zero-order valence-electron chi connectivity index (χ0n) is 14.7. The summed E-state index contributed by atoms with van der Waals surface area (Å²) in [5.74, 6) is 4.66. The van der Waals surface area contributed by atoms with E-state index in [-0.39, 0.29) is 28.7 Å². The molecule has 0 saturated heterocycles. The van der Waals surface area contributed by atoms with Crippen LogP contribution in [0.3, 0.4) is 0 Å². The molecule has 8 N–H and O–H groups in total. The number of H-pyrrole nitrogens is 1. The van der Waals surface area contributed by atoms with Crippen molar-refractivity contribution >= 4 is 28.5 Å². The van der Waals surface area contributed by atoms with Gasteiger partial charge in [0.15, 0.2) is 5.84 Å². The van der Waals surface area contributed by atoms with E-state index in [1.54, 1.807) is 18.2 Å². The summed E-state index contributed by atoms with van der Waals surface area (Å²) < 4.78 is 15.0. The molecule has 140 valence electrons. The number of hydrazine groups is 1. The molecule has 9 nitrogen and oxygen atoms in total. The normalized spacial score (nSPS) is 11.6. The number of fused-ring (bicyclic) bond motifs is 1. The number of nitrogens with one attached hydrogen (secondary N) is 2. The third-order valence-corrected chi connectivity index (χ3v) is 4.00. The molecule has 0 aliphatic carbocycles. The Morgan fingerprint density at radius 2 is 2.11 bits per heavy atom. The minimum absolute atomic E-state index is 0.0670. The van der Waals surface area contributed by atoms with Crippen LogP contribution in [0.15, 0.2) is 35.6 Å². The van der Waals surface area contributed by atoms with Crippen molar-refractivity contribution in [2.75, 3.05) is 19.8 Å². The number of amides is 1. The number of aromatic amines is 1. The van der Waals surface area contributed by atoms with Crippen LogP contribution < -0.4 is 22.6 Å². The molecule has 1 amide bonds. The molecule has 3 aromatic rings. The molecular formula is C17H19FN8O. The van der Waals surface area contributed by atoms with Gasteiger partial charge in [-0.1, -0.05) is 6.07 Å². The Kier molecular flexibility index (Phi) is 4.65. The molecule has 0 radical (unpaired) electrons. The molecule has 0 saturated carbocycles. The number of anilines is 1. The average Bonchev–Trinajstić information content (AvgIpc) is 3.06. The summed E-state index contributed by atoms with van der Waals surface area (Å²) in [4.78, 5) is 19.1. The predicted molar refractivity (Wildman–Crippen MR) is 102 cm³/mol. The fourth-order valence-corrected chi connectivity index (χ4v) is 2.76. The van der Waals surface area contributed by atoms with Gasteiger partial charge in [0.25, 0.3) is 5.91 Å². The number of nitrogens with two attached hydrogens (primary N) is 3. The molecule has 0 spiro atoms. The summed E-state index contributed by atoms with van der Waals surface area (Å²) in [5.41, 5.74) is 13.2. The van der Waals surface area contributed by atoms with Crippen LogP contribution in [0.1, 0.15) is 15.9 Å². The molecule has 0 unspecified atom stereocenters. The van der Waals surface area contributed by atoms with Gasteiger partial charge in [-0.15, -0.1) is 5.10 Å². The van der Waals surface area contributed by atoms with Crippen molar-refractivity contribution in [3.8, 4) is 11.3 Å². The molecule has 0 atom stereocenters. The van der Waals surface area contributed by atoms with Gasteiger partial charge in [-0.3, -0.25) is 4.79 Å². The minimum Gasteiger partial charge on any atom is -0.382 e. The number of rotatable bonds is 4. The van der Waals surface area contributed by atoms with Crippen molar-refractivity contribution in [1.82, 2.24) is 20.4 Å². The third-order valence-electron chi connectivity index (χ3n) is 4.00. The van der Waals surface area contributed by atoms with E-state index in [4.69, 9.17) is 17.3 Å². The van der Waals surface area contributed by atoms with Gasteiger partial charge >= 0.3 is 0 Å². The van der Waals surface area contributed by atoms with Gasteiger partial charge in [-0.25, -0.2) is 20.3 Å². The largest absolute Gasteiger partial charge is 0.382 e. The highest BCUT2D eigenvalue weighted by atomic mass is 19.1. The molecular weight excluding hydrogens is 351 g/mol. The van der Waals surface area contributed by atoms with Crippen molar-refractivity contribution in [3.63, 3.8) is 0 Å². The molecule has 0 fully saturated rings. The molecule has 0 aliphatic rings. The summed E-state index contributed by atoms with van der Waals surface area (Å²) in [5, 5.41) is 7.88. The molecule has 27 heavy (non-hydrogen) atoms. The lowest BCUT2D eigenvalue weighted by molar-refractivity contribution is 0.0964. The summed E-state index contributed by atoms with van der Waals surface area (Å²) in [6.07, 6.45) is 1.38. The monoisotopic (exact) mass is 370 g/mol. The number of hydrogen-bond acceptors (Lipinski definition) is 6. The predicted octanol–water partition coefficient (Wildman–Crippen LogP) is 0.737. The minimum atomic E-state index is -0.583. The fourth-order valence-electron chi connectivity index (χ4n) is 2.76. The van der Waals surface area contributed by atoms with E-state index >= 15 is 4.39 Å². The maximum atomic E-state index is 15.0. The highest BCUT2D eigenvalue weighted by molar-refractivity contribution is 6.09.